The Labute approximate surface area is 182 Å². The molecule has 0 saturated carbocycles. The maximum absolute atomic E-state index is 13.2. The van der Waals surface area contributed by atoms with E-state index in [9.17, 15) is 4.39 Å². The molecule has 3 N–H and O–H groups in total. The molecular weight excluding hydrogens is 429 g/mol. The summed E-state index contributed by atoms with van der Waals surface area (Å²) in [4.78, 5) is 22.7. The molecule has 0 atom stereocenters. The first-order valence-corrected chi connectivity index (χ1v) is 9.44. The SMILES string of the molecule is COCCn1c(-c2ccc(F)cc2)cnc1NCc1ccc(Cl)cc1.O=C(O)C(=O)O. The van der Waals surface area contributed by atoms with Gasteiger partial charge >= 0.3 is 11.9 Å². The second kappa shape index (κ2) is 11.7. The number of benzene rings is 2. The maximum Gasteiger partial charge on any atom is 0.414 e. The van der Waals surface area contributed by atoms with Crippen molar-refractivity contribution in [3.8, 4) is 11.3 Å². The Morgan fingerprint density at radius 3 is 2.26 bits per heavy atom. The van der Waals surface area contributed by atoms with Crippen LogP contribution in [0.3, 0.4) is 0 Å². The van der Waals surface area contributed by atoms with E-state index >= 15 is 0 Å². The third-order valence-corrected chi connectivity index (χ3v) is 4.31. The van der Waals surface area contributed by atoms with E-state index in [2.05, 4.69) is 10.3 Å². The number of hydrogen-bond donors (Lipinski definition) is 3. The zero-order valence-electron chi connectivity index (χ0n) is 16.6. The highest BCUT2D eigenvalue weighted by Crippen LogP contribution is 2.24. The molecule has 164 valence electrons. The summed E-state index contributed by atoms with van der Waals surface area (Å²) < 4.78 is 20.4. The van der Waals surface area contributed by atoms with Crippen molar-refractivity contribution in [2.45, 2.75) is 13.1 Å². The number of nitrogens with one attached hydrogen (secondary N) is 1. The lowest BCUT2D eigenvalue weighted by Gasteiger charge is -2.13. The average Bonchev–Trinajstić information content (AvgIpc) is 3.15. The first-order valence-electron chi connectivity index (χ1n) is 9.06. The number of methoxy groups -OCH3 is 1. The molecule has 0 bridgehead atoms. The van der Waals surface area contributed by atoms with E-state index in [0.717, 1.165) is 22.8 Å². The van der Waals surface area contributed by atoms with Crippen molar-refractivity contribution in [3.05, 3.63) is 71.1 Å². The van der Waals surface area contributed by atoms with Gasteiger partial charge in [-0.05, 0) is 42.0 Å². The van der Waals surface area contributed by atoms with Gasteiger partial charge in [0.2, 0.25) is 5.95 Å². The number of hydrogen-bond acceptors (Lipinski definition) is 5. The quantitative estimate of drug-likeness (QED) is 0.470. The summed E-state index contributed by atoms with van der Waals surface area (Å²) in [6.07, 6.45) is 1.78. The number of aliphatic carboxylic acids is 2. The number of aromatic nitrogens is 2. The average molecular weight is 450 g/mol. The van der Waals surface area contributed by atoms with Gasteiger partial charge in [-0.2, -0.15) is 0 Å². The summed E-state index contributed by atoms with van der Waals surface area (Å²) in [7, 11) is 1.66. The van der Waals surface area contributed by atoms with E-state index in [1.807, 2.05) is 28.8 Å². The molecule has 10 heteroatoms. The summed E-state index contributed by atoms with van der Waals surface area (Å²) >= 11 is 5.92. The molecule has 31 heavy (non-hydrogen) atoms. The van der Waals surface area contributed by atoms with Gasteiger partial charge in [-0.3, -0.25) is 0 Å². The molecule has 0 aliphatic carbocycles. The van der Waals surface area contributed by atoms with Crippen LogP contribution in [-0.4, -0.2) is 45.4 Å². The van der Waals surface area contributed by atoms with Gasteiger partial charge in [0.05, 0.1) is 18.5 Å². The Morgan fingerprint density at radius 1 is 1.10 bits per heavy atom. The molecule has 0 unspecified atom stereocenters. The topological polar surface area (TPSA) is 114 Å². The first-order chi connectivity index (χ1) is 14.8. The summed E-state index contributed by atoms with van der Waals surface area (Å²) in [6.45, 7) is 1.83. The normalized spacial score (nSPS) is 10.2. The Morgan fingerprint density at radius 2 is 1.71 bits per heavy atom. The molecular formula is C21H21ClFN3O5. The van der Waals surface area contributed by atoms with Crippen LogP contribution in [-0.2, 0) is 27.4 Å². The molecule has 0 spiro atoms. The molecule has 0 aliphatic heterocycles. The monoisotopic (exact) mass is 449 g/mol. The van der Waals surface area contributed by atoms with Crippen LogP contribution in [0.1, 0.15) is 5.56 Å². The Kier molecular flexibility index (Phi) is 8.98. The van der Waals surface area contributed by atoms with Crippen molar-refractivity contribution in [2.24, 2.45) is 0 Å². The highest BCUT2D eigenvalue weighted by molar-refractivity contribution is 6.30. The van der Waals surface area contributed by atoms with Crippen LogP contribution in [0.2, 0.25) is 5.02 Å². The van der Waals surface area contributed by atoms with E-state index in [0.29, 0.717) is 24.7 Å². The predicted molar refractivity (Wildman–Crippen MR) is 114 cm³/mol. The summed E-state index contributed by atoms with van der Waals surface area (Å²) in [5.74, 6) is -3.16. The summed E-state index contributed by atoms with van der Waals surface area (Å²) in [5, 5.41) is 18.8. The second-order valence-corrected chi connectivity index (χ2v) is 6.65. The van der Waals surface area contributed by atoms with Crippen LogP contribution in [0.5, 0.6) is 0 Å². The molecule has 3 aromatic rings. The van der Waals surface area contributed by atoms with Crippen molar-refractivity contribution < 1.29 is 28.9 Å². The summed E-state index contributed by atoms with van der Waals surface area (Å²) in [5.41, 5.74) is 2.93. The van der Waals surface area contributed by atoms with Crippen molar-refractivity contribution in [3.63, 3.8) is 0 Å². The van der Waals surface area contributed by atoms with Crippen molar-refractivity contribution in [1.29, 1.82) is 0 Å². The third-order valence-electron chi connectivity index (χ3n) is 4.06. The number of imidazole rings is 1. The molecule has 8 nitrogen and oxygen atoms in total. The van der Waals surface area contributed by atoms with Gasteiger partial charge in [-0.1, -0.05) is 23.7 Å². The van der Waals surface area contributed by atoms with Crippen molar-refractivity contribution >= 4 is 29.5 Å². The molecule has 3 rings (SSSR count). The van der Waals surface area contributed by atoms with Crippen molar-refractivity contribution in [2.75, 3.05) is 19.0 Å². The van der Waals surface area contributed by atoms with Crippen LogP contribution in [0.15, 0.2) is 54.7 Å². The highest BCUT2D eigenvalue weighted by Gasteiger charge is 2.12. The first kappa shape index (κ1) is 23.8. The van der Waals surface area contributed by atoms with Crippen LogP contribution in [0.4, 0.5) is 10.3 Å². The van der Waals surface area contributed by atoms with Crippen LogP contribution >= 0.6 is 11.6 Å². The van der Waals surface area contributed by atoms with Gasteiger partial charge in [0.25, 0.3) is 0 Å². The Balaban J connectivity index is 0.000000501. The maximum atomic E-state index is 13.2. The largest absolute Gasteiger partial charge is 0.473 e. The molecule has 0 radical (unpaired) electrons. The molecule has 0 saturated heterocycles. The molecule has 2 aromatic carbocycles. The second-order valence-electron chi connectivity index (χ2n) is 6.21. The van der Waals surface area contributed by atoms with Gasteiger partial charge in [0.15, 0.2) is 0 Å². The Bertz CT molecular complexity index is 995. The fourth-order valence-corrected chi connectivity index (χ4v) is 2.69. The van der Waals surface area contributed by atoms with E-state index in [-0.39, 0.29) is 5.82 Å². The van der Waals surface area contributed by atoms with Gasteiger partial charge in [0, 0.05) is 30.8 Å². The van der Waals surface area contributed by atoms with Crippen LogP contribution < -0.4 is 5.32 Å². The molecule has 1 aromatic heterocycles. The van der Waals surface area contributed by atoms with E-state index in [1.165, 1.54) is 12.1 Å². The number of carbonyl (C=O) groups is 2. The van der Waals surface area contributed by atoms with Crippen LogP contribution in [0.25, 0.3) is 11.3 Å². The fraction of sp³-hybridized carbons (Fsp3) is 0.190. The lowest BCUT2D eigenvalue weighted by Crippen LogP contribution is -2.11. The number of halogens is 2. The number of rotatable bonds is 7. The van der Waals surface area contributed by atoms with Crippen LogP contribution in [0, 0.1) is 5.82 Å². The summed E-state index contributed by atoms with van der Waals surface area (Å²) in [6, 6.07) is 14.1. The van der Waals surface area contributed by atoms with Gasteiger partial charge in [-0.15, -0.1) is 0 Å². The minimum atomic E-state index is -1.82. The van der Waals surface area contributed by atoms with E-state index < -0.39 is 11.9 Å². The van der Waals surface area contributed by atoms with Gasteiger partial charge in [0.1, 0.15) is 5.82 Å². The lowest BCUT2D eigenvalue weighted by molar-refractivity contribution is -0.159. The minimum Gasteiger partial charge on any atom is -0.473 e. The minimum absolute atomic E-state index is 0.257. The zero-order chi connectivity index (χ0) is 22.8. The predicted octanol–water partition coefficient (Wildman–Crippen LogP) is 3.76. The standard InChI is InChI=1S/C19H19ClFN3O.C2H2O4/c1-25-11-10-24-18(15-4-8-17(21)9-5-15)13-23-19(24)22-12-14-2-6-16(20)7-3-14;3-1(4)2(5)6/h2-9,13H,10-12H2,1H3,(H,22,23);(H,3,4)(H,5,6). The zero-order valence-corrected chi connectivity index (χ0v) is 17.3. The van der Waals surface area contributed by atoms with Gasteiger partial charge < -0.3 is 24.8 Å². The van der Waals surface area contributed by atoms with E-state index in [1.54, 1.807) is 25.4 Å². The molecule has 0 amide bonds. The molecule has 1 heterocycles. The molecule has 0 fully saturated rings. The number of carboxylic acids is 2. The Hall–Kier alpha value is -3.43. The molecule has 0 aliphatic rings. The lowest BCUT2D eigenvalue weighted by atomic mass is 10.1. The number of anilines is 1. The number of nitrogens with zero attached hydrogens (tertiary/aromatic N) is 2. The van der Waals surface area contributed by atoms with E-state index in [4.69, 9.17) is 36.1 Å². The fourth-order valence-electron chi connectivity index (χ4n) is 2.56. The number of ether oxygens (including phenoxy) is 1. The smallest absolute Gasteiger partial charge is 0.414 e. The highest BCUT2D eigenvalue weighted by atomic mass is 35.5. The van der Waals surface area contributed by atoms with Crippen molar-refractivity contribution in [1.82, 2.24) is 9.55 Å². The van der Waals surface area contributed by atoms with Gasteiger partial charge in [-0.25, -0.2) is 19.0 Å². The third kappa shape index (κ3) is 7.40. The number of carboxylic acid groups (broad SMARTS) is 2.